The summed E-state index contributed by atoms with van der Waals surface area (Å²) in [5.41, 5.74) is 6.59. The Morgan fingerprint density at radius 2 is 1.74 bits per heavy atom. The van der Waals surface area contributed by atoms with Gasteiger partial charge in [-0.25, -0.2) is 17.2 Å². The number of carbonyl (C=O) groups is 1. The molecule has 3 aromatic carbocycles. The van der Waals surface area contributed by atoms with Gasteiger partial charge in [0.25, 0.3) is 5.91 Å². The molecule has 0 unspecified atom stereocenters. The van der Waals surface area contributed by atoms with Gasteiger partial charge in [0.05, 0.1) is 22.0 Å². The summed E-state index contributed by atoms with van der Waals surface area (Å²) >= 11 is 5.91. The largest absolute Gasteiger partial charge is 0.326 e. The monoisotopic (exact) mass is 465 g/mol. The van der Waals surface area contributed by atoms with E-state index in [0.717, 1.165) is 6.07 Å². The van der Waals surface area contributed by atoms with E-state index < -0.39 is 33.3 Å². The van der Waals surface area contributed by atoms with Crippen LogP contribution in [0.2, 0.25) is 5.02 Å². The van der Waals surface area contributed by atoms with Crippen molar-refractivity contribution in [2.24, 2.45) is 5.73 Å². The fourth-order valence-electron chi connectivity index (χ4n) is 2.84. The summed E-state index contributed by atoms with van der Waals surface area (Å²) in [4.78, 5) is 12.4. The second-order valence-electron chi connectivity index (χ2n) is 6.61. The van der Waals surface area contributed by atoms with Crippen molar-refractivity contribution in [3.05, 3.63) is 94.0 Å². The molecule has 0 bridgehead atoms. The lowest BCUT2D eigenvalue weighted by Crippen LogP contribution is -2.18. The SMILES string of the molecule is NCc1ccc(NC(=O)c2c(F)cccc2Cl)cc1NS(=O)(=O)Cc1ccc(F)cc1. The summed E-state index contributed by atoms with van der Waals surface area (Å²) in [5.74, 6) is -2.44. The van der Waals surface area contributed by atoms with Crippen LogP contribution in [-0.2, 0) is 22.3 Å². The minimum Gasteiger partial charge on any atom is -0.326 e. The Hall–Kier alpha value is -3.01. The summed E-state index contributed by atoms with van der Waals surface area (Å²) in [6.07, 6.45) is 0. The predicted molar refractivity (Wildman–Crippen MR) is 116 cm³/mol. The summed E-state index contributed by atoms with van der Waals surface area (Å²) in [6, 6.07) is 13.3. The maximum Gasteiger partial charge on any atom is 0.260 e. The van der Waals surface area contributed by atoms with Gasteiger partial charge in [0.2, 0.25) is 10.0 Å². The Kier molecular flexibility index (Phi) is 6.89. The second-order valence-corrected chi connectivity index (χ2v) is 8.74. The third-order valence-corrected chi connectivity index (χ3v) is 5.87. The fraction of sp³-hybridized carbons (Fsp3) is 0.0952. The van der Waals surface area contributed by atoms with E-state index in [1.807, 2.05) is 0 Å². The summed E-state index contributed by atoms with van der Waals surface area (Å²) < 4.78 is 54.6. The molecule has 6 nitrogen and oxygen atoms in total. The minimum atomic E-state index is -3.87. The zero-order valence-corrected chi connectivity index (χ0v) is 17.6. The molecule has 31 heavy (non-hydrogen) atoms. The highest BCUT2D eigenvalue weighted by molar-refractivity contribution is 7.91. The first-order valence-electron chi connectivity index (χ1n) is 9.02. The van der Waals surface area contributed by atoms with Crippen LogP contribution in [0.4, 0.5) is 20.2 Å². The normalized spacial score (nSPS) is 11.2. The van der Waals surface area contributed by atoms with Crippen molar-refractivity contribution in [1.82, 2.24) is 0 Å². The van der Waals surface area contributed by atoms with Gasteiger partial charge < -0.3 is 11.1 Å². The van der Waals surface area contributed by atoms with E-state index in [9.17, 15) is 22.0 Å². The number of benzene rings is 3. The third-order valence-electron chi connectivity index (χ3n) is 4.31. The fourth-order valence-corrected chi connectivity index (χ4v) is 4.32. The number of hydrogen-bond donors (Lipinski definition) is 3. The lowest BCUT2D eigenvalue weighted by molar-refractivity contribution is 0.102. The molecular formula is C21H18ClF2N3O3S. The summed E-state index contributed by atoms with van der Waals surface area (Å²) in [5, 5.41) is 2.43. The molecule has 0 aromatic heterocycles. The van der Waals surface area contributed by atoms with Crippen LogP contribution in [0.5, 0.6) is 0 Å². The molecule has 0 saturated carbocycles. The Labute approximate surface area is 183 Å². The highest BCUT2D eigenvalue weighted by Crippen LogP contribution is 2.25. The molecule has 10 heteroatoms. The lowest BCUT2D eigenvalue weighted by atomic mass is 10.1. The van der Waals surface area contributed by atoms with Crippen molar-refractivity contribution in [2.45, 2.75) is 12.3 Å². The van der Waals surface area contributed by atoms with Crippen LogP contribution >= 0.6 is 11.6 Å². The molecule has 0 aliphatic heterocycles. The van der Waals surface area contributed by atoms with E-state index in [-0.39, 0.29) is 28.5 Å². The molecule has 0 radical (unpaired) electrons. The highest BCUT2D eigenvalue weighted by Gasteiger charge is 2.18. The Bertz CT molecular complexity index is 1200. The smallest absolute Gasteiger partial charge is 0.260 e. The number of carbonyl (C=O) groups excluding carboxylic acids is 1. The number of amides is 1. The summed E-state index contributed by atoms with van der Waals surface area (Å²) in [6.45, 7) is 0.0295. The molecule has 0 saturated heterocycles. The van der Waals surface area contributed by atoms with Gasteiger partial charge >= 0.3 is 0 Å². The van der Waals surface area contributed by atoms with Gasteiger partial charge in [-0.3, -0.25) is 9.52 Å². The Morgan fingerprint density at radius 3 is 2.39 bits per heavy atom. The van der Waals surface area contributed by atoms with Gasteiger partial charge in [0.15, 0.2) is 0 Å². The summed E-state index contributed by atoms with van der Waals surface area (Å²) in [7, 11) is -3.87. The molecule has 0 aliphatic rings. The minimum absolute atomic E-state index is 0.0295. The number of nitrogens with one attached hydrogen (secondary N) is 2. The van der Waals surface area contributed by atoms with Crippen LogP contribution in [0.1, 0.15) is 21.5 Å². The number of nitrogens with two attached hydrogens (primary N) is 1. The van der Waals surface area contributed by atoms with Gasteiger partial charge in [0, 0.05) is 12.2 Å². The zero-order valence-electron chi connectivity index (χ0n) is 16.0. The van der Waals surface area contributed by atoms with Crippen LogP contribution < -0.4 is 15.8 Å². The third kappa shape index (κ3) is 5.78. The molecule has 3 aromatic rings. The molecule has 0 fully saturated rings. The average molecular weight is 466 g/mol. The average Bonchev–Trinajstić information content (AvgIpc) is 2.69. The van der Waals surface area contributed by atoms with Crippen molar-refractivity contribution < 1.29 is 22.0 Å². The highest BCUT2D eigenvalue weighted by atomic mass is 35.5. The van der Waals surface area contributed by atoms with Crippen molar-refractivity contribution in [3.8, 4) is 0 Å². The van der Waals surface area contributed by atoms with E-state index in [1.165, 1.54) is 54.6 Å². The van der Waals surface area contributed by atoms with Crippen LogP contribution in [0.15, 0.2) is 60.7 Å². The zero-order chi connectivity index (χ0) is 22.6. The molecule has 0 spiro atoms. The molecule has 4 N–H and O–H groups in total. The van der Waals surface area contributed by atoms with Crippen LogP contribution in [0.3, 0.4) is 0 Å². The van der Waals surface area contributed by atoms with Gasteiger partial charge in [-0.1, -0.05) is 35.9 Å². The standard InChI is InChI=1S/C21H18ClF2N3O3S/c22-17-2-1-3-18(24)20(17)21(28)26-16-9-6-14(11-25)19(10-16)27-31(29,30)12-13-4-7-15(23)8-5-13/h1-10,27H,11-12,25H2,(H,26,28). The Morgan fingerprint density at radius 1 is 1.03 bits per heavy atom. The molecule has 1 amide bonds. The molecule has 0 aliphatic carbocycles. The lowest BCUT2D eigenvalue weighted by Gasteiger charge is -2.14. The quantitative estimate of drug-likeness (QED) is 0.485. The van der Waals surface area contributed by atoms with Crippen molar-refractivity contribution in [3.63, 3.8) is 0 Å². The maximum absolute atomic E-state index is 14.0. The topological polar surface area (TPSA) is 101 Å². The molecule has 0 atom stereocenters. The Balaban J connectivity index is 1.83. The van der Waals surface area contributed by atoms with Gasteiger partial charge in [0.1, 0.15) is 11.6 Å². The number of anilines is 2. The van der Waals surface area contributed by atoms with Gasteiger partial charge in [-0.05, 0) is 47.5 Å². The van der Waals surface area contributed by atoms with Crippen molar-refractivity contribution in [1.29, 1.82) is 0 Å². The number of rotatable bonds is 7. The molecule has 0 heterocycles. The predicted octanol–water partition coefficient (Wildman–Crippen LogP) is 4.27. The molecule has 162 valence electrons. The van der Waals surface area contributed by atoms with Crippen molar-refractivity contribution in [2.75, 3.05) is 10.0 Å². The van der Waals surface area contributed by atoms with Crippen LogP contribution in [-0.4, -0.2) is 14.3 Å². The van der Waals surface area contributed by atoms with E-state index in [0.29, 0.717) is 11.1 Å². The first kappa shape index (κ1) is 22.7. The van der Waals surface area contributed by atoms with Crippen LogP contribution in [0, 0.1) is 11.6 Å². The molecule has 3 rings (SSSR count). The first-order valence-corrected chi connectivity index (χ1v) is 11.0. The van der Waals surface area contributed by atoms with Crippen LogP contribution in [0.25, 0.3) is 0 Å². The van der Waals surface area contributed by atoms with E-state index in [1.54, 1.807) is 0 Å². The number of hydrogen-bond acceptors (Lipinski definition) is 4. The van der Waals surface area contributed by atoms with E-state index in [4.69, 9.17) is 17.3 Å². The number of halogens is 3. The number of sulfonamides is 1. The second kappa shape index (κ2) is 9.42. The first-order chi connectivity index (χ1) is 14.7. The molecular weight excluding hydrogens is 448 g/mol. The maximum atomic E-state index is 14.0. The van der Waals surface area contributed by atoms with Gasteiger partial charge in [-0.15, -0.1) is 0 Å². The van der Waals surface area contributed by atoms with E-state index in [2.05, 4.69) is 10.0 Å². The van der Waals surface area contributed by atoms with Gasteiger partial charge in [-0.2, -0.15) is 0 Å². The van der Waals surface area contributed by atoms with Crippen molar-refractivity contribution >= 4 is 38.9 Å². The van der Waals surface area contributed by atoms with E-state index >= 15 is 0 Å².